The van der Waals surface area contributed by atoms with Crippen molar-refractivity contribution in [1.29, 1.82) is 0 Å². The highest BCUT2D eigenvalue weighted by molar-refractivity contribution is 7.50. The maximum Gasteiger partial charge on any atom is 0.0892 e. The van der Waals surface area contributed by atoms with Crippen LogP contribution in [0.25, 0.3) is 70.6 Å². The number of benzene rings is 2. The van der Waals surface area contributed by atoms with Crippen LogP contribution in [0.2, 0.25) is 0 Å². The first-order chi connectivity index (χ1) is 17.8. The molecule has 0 aliphatic carbocycles. The molecule has 0 bridgehead atoms. The summed E-state index contributed by atoms with van der Waals surface area (Å²) >= 11 is 11.5. The van der Waals surface area contributed by atoms with Crippen LogP contribution in [0, 0.1) is 0 Å². The molecule has 0 N–H and O–H groups in total. The van der Waals surface area contributed by atoms with Gasteiger partial charge in [0.2, 0.25) is 0 Å². The Morgan fingerprint density at radius 1 is 0.389 bits per heavy atom. The number of fused-ring (bicyclic) bond motifs is 6. The van der Waals surface area contributed by atoms with Crippen molar-refractivity contribution in [2.45, 2.75) is 0 Å². The fourth-order valence-electron chi connectivity index (χ4n) is 4.57. The molecule has 0 saturated carbocycles. The Kier molecular flexibility index (Phi) is 5.07. The van der Waals surface area contributed by atoms with E-state index in [1.165, 1.54) is 68.2 Å². The number of rotatable bonds is 4. The third-order valence-corrected chi connectivity index (χ3v) is 13.7. The van der Waals surface area contributed by atoms with Crippen molar-refractivity contribution >= 4 is 118 Å². The topological polar surface area (TPSA) is 0 Å². The highest BCUT2D eigenvalue weighted by Gasteiger charge is 2.15. The molecular formula is C30H16S6. The van der Waals surface area contributed by atoms with Gasteiger partial charge in [0.05, 0.1) is 16.1 Å². The Morgan fingerprint density at radius 2 is 0.778 bits per heavy atom. The third kappa shape index (κ3) is 3.56. The zero-order chi connectivity index (χ0) is 23.6. The smallest absolute Gasteiger partial charge is 0.0892 e. The molecule has 0 atom stereocenters. The lowest BCUT2D eigenvalue weighted by Gasteiger charge is -1.93. The van der Waals surface area contributed by atoms with Crippen molar-refractivity contribution in [3.63, 3.8) is 0 Å². The van der Waals surface area contributed by atoms with Crippen LogP contribution in [0.5, 0.6) is 0 Å². The molecule has 0 saturated heterocycles. The molecule has 6 aromatic heterocycles. The molecule has 172 valence electrons. The molecule has 8 rings (SSSR count). The second-order valence-corrected chi connectivity index (χ2v) is 15.9. The number of hydrogen-bond acceptors (Lipinski definition) is 6. The van der Waals surface area contributed by atoms with Gasteiger partial charge in [0.15, 0.2) is 0 Å². The second kappa shape index (κ2) is 8.48. The van der Waals surface area contributed by atoms with Crippen LogP contribution in [0.4, 0.5) is 0 Å². The van der Waals surface area contributed by atoms with Gasteiger partial charge in [-0.2, -0.15) is 0 Å². The SMILES string of the molecule is C(=C\c1cc2c(s1)sc1sc(-c3ccccc3)cc12)/c1cc2c(s1)sc1sc(-c3ccccc3)cc12. The van der Waals surface area contributed by atoms with E-state index in [-0.39, 0.29) is 0 Å². The summed E-state index contributed by atoms with van der Waals surface area (Å²) in [7, 11) is 0. The molecule has 2 aromatic carbocycles. The molecular weight excluding hydrogens is 553 g/mol. The van der Waals surface area contributed by atoms with Crippen molar-refractivity contribution < 1.29 is 0 Å². The van der Waals surface area contributed by atoms with Gasteiger partial charge in [-0.25, -0.2) is 0 Å². The van der Waals surface area contributed by atoms with E-state index in [1.54, 1.807) is 0 Å². The lowest BCUT2D eigenvalue weighted by atomic mass is 10.1. The first kappa shape index (κ1) is 21.5. The van der Waals surface area contributed by atoms with Crippen molar-refractivity contribution in [2.24, 2.45) is 0 Å². The molecule has 0 unspecified atom stereocenters. The van der Waals surface area contributed by atoms with Crippen LogP contribution in [0.15, 0.2) is 84.9 Å². The summed E-state index contributed by atoms with van der Waals surface area (Å²) < 4.78 is 5.71. The van der Waals surface area contributed by atoms with Gasteiger partial charge in [-0.1, -0.05) is 60.7 Å². The van der Waals surface area contributed by atoms with Gasteiger partial charge in [-0.15, -0.1) is 68.0 Å². The van der Waals surface area contributed by atoms with E-state index in [9.17, 15) is 0 Å². The number of thiophene rings is 6. The van der Waals surface area contributed by atoms with Crippen molar-refractivity contribution in [1.82, 2.24) is 0 Å². The summed E-state index contributed by atoms with van der Waals surface area (Å²) in [5, 5.41) is 5.61. The van der Waals surface area contributed by atoms with Crippen LogP contribution in [0.1, 0.15) is 9.75 Å². The van der Waals surface area contributed by atoms with Gasteiger partial charge in [0.25, 0.3) is 0 Å². The molecule has 8 aromatic rings. The van der Waals surface area contributed by atoms with E-state index in [0.717, 1.165) is 0 Å². The van der Waals surface area contributed by atoms with Crippen LogP contribution in [-0.2, 0) is 0 Å². The number of hydrogen-bond donors (Lipinski definition) is 0. The van der Waals surface area contributed by atoms with E-state index in [2.05, 4.69) is 97.1 Å². The van der Waals surface area contributed by atoms with Crippen molar-refractivity contribution in [3.05, 3.63) is 94.7 Å². The minimum absolute atomic E-state index is 1.31. The van der Waals surface area contributed by atoms with E-state index in [4.69, 9.17) is 0 Å². The van der Waals surface area contributed by atoms with Gasteiger partial charge < -0.3 is 0 Å². The fourth-order valence-corrected chi connectivity index (χ4v) is 12.6. The normalized spacial score (nSPS) is 12.3. The van der Waals surface area contributed by atoms with Gasteiger partial charge in [0, 0.05) is 41.1 Å². The maximum absolute atomic E-state index is 2.37. The molecule has 0 amide bonds. The summed E-state index contributed by atoms with van der Waals surface area (Å²) in [5.41, 5.74) is 2.62. The van der Waals surface area contributed by atoms with E-state index in [1.807, 2.05) is 68.0 Å². The quantitative estimate of drug-likeness (QED) is 0.198. The Labute approximate surface area is 231 Å². The van der Waals surface area contributed by atoms with E-state index in [0.29, 0.717) is 0 Å². The average Bonchev–Trinajstić information content (AvgIpc) is 3.72. The molecule has 6 heterocycles. The summed E-state index contributed by atoms with van der Waals surface area (Å²) in [5.74, 6) is 0. The van der Waals surface area contributed by atoms with Gasteiger partial charge in [0.1, 0.15) is 0 Å². The van der Waals surface area contributed by atoms with Crippen LogP contribution >= 0.6 is 68.0 Å². The zero-order valence-electron chi connectivity index (χ0n) is 18.7. The monoisotopic (exact) mass is 568 g/mol. The van der Waals surface area contributed by atoms with Crippen LogP contribution < -0.4 is 0 Å². The average molecular weight is 569 g/mol. The summed E-state index contributed by atoms with van der Waals surface area (Å²) in [6.07, 6.45) is 4.59. The highest BCUT2D eigenvalue weighted by Crippen LogP contribution is 2.47. The van der Waals surface area contributed by atoms with Crippen molar-refractivity contribution in [2.75, 3.05) is 0 Å². The lowest BCUT2D eigenvalue weighted by Crippen LogP contribution is -1.68. The lowest BCUT2D eigenvalue weighted by molar-refractivity contribution is 1.70. The molecule has 0 radical (unpaired) electrons. The first-order valence-corrected chi connectivity index (χ1v) is 16.4. The second-order valence-electron chi connectivity index (χ2n) is 8.59. The fraction of sp³-hybridized carbons (Fsp3) is 0. The van der Waals surface area contributed by atoms with Gasteiger partial charge in [-0.05, 0) is 47.5 Å². The van der Waals surface area contributed by atoms with E-state index >= 15 is 0 Å². The van der Waals surface area contributed by atoms with Gasteiger partial charge in [-0.3, -0.25) is 0 Å². The Balaban J connectivity index is 1.11. The minimum Gasteiger partial charge on any atom is -0.125 e. The Hall–Kier alpha value is -2.58. The minimum atomic E-state index is 1.31. The van der Waals surface area contributed by atoms with E-state index < -0.39 is 0 Å². The molecule has 36 heavy (non-hydrogen) atoms. The van der Waals surface area contributed by atoms with Crippen LogP contribution in [0.3, 0.4) is 0 Å². The standard InChI is InChI=1S/C30H16S6/c1-3-7-17(8-4-1)25-15-23-21-13-19(31-27(21)35-29(23)33-25)11-12-20-14-22-24-16-26(18-9-5-2-6-10-18)34-30(24)36-28(22)32-20/h1-16H/b12-11+. The maximum atomic E-state index is 2.37. The zero-order valence-corrected chi connectivity index (χ0v) is 23.6. The summed E-state index contributed by atoms with van der Waals surface area (Å²) in [6, 6.07) is 30.9. The Bertz CT molecular complexity index is 1880. The predicted octanol–water partition coefficient (Wildman–Crippen LogP) is 12.2. The summed E-state index contributed by atoms with van der Waals surface area (Å²) in [4.78, 5) is 5.37. The molecule has 0 nitrogen and oxygen atoms in total. The van der Waals surface area contributed by atoms with Crippen LogP contribution in [-0.4, -0.2) is 0 Å². The van der Waals surface area contributed by atoms with Crippen molar-refractivity contribution in [3.8, 4) is 20.9 Å². The molecule has 0 aliphatic rings. The molecule has 0 fully saturated rings. The largest absolute Gasteiger partial charge is 0.125 e. The third-order valence-electron chi connectivity index (χ3n) is 6.31. The summed E-state index contributed by atoms with van der Waals surface area (Å²) in [6.45, 7) is 0. The molecule has 6 heteroatoms. The first-order valence-electron chi connectivity index (χ1n) is 11.5. The molecule has 0 spiro atoms. The molecule has 0 aliphatic heterocycles. The Morgan fingerprint density at radius 3 is 1.22 bits per heavy atom. The highest BCUT2D eigenvalue weighted by atomic mass is 32.2. The predicted molar refractivity (Wildman–Crippen MR) is 170 cm³/mol. The van der Waals surface area contributed by atoms with Gasteiger partial charge >= 0.3 is 0 Å².